The smallest absolute Gasteiger partial charge is 0.121 e. The Morgan fingerprint density at radius 2 is 1.80 bits per heavy atom. The number of rotatable bonds is 5. The van der Waals surface area contributed by atoms with Crippen LogP contribution in [0.4, 0.5) is 0 Å². The van der Waals surface area contributed by atoms with Crippen molar-refractivity contribution in [3.05, 3.63) is 0 Å². The van der Waals surface area contributed by atoms with Crippen LogP contribution < -0.4 is 0 Å². The van der Waals surface area contributed by atoms with Gasteiger partial charge in [-0.2, -0.15) is 0 Å². The molecule has 0 rings (SSSR count). The van der Waals surface area contributed by atoms with E-state index in [9.17, 15) is 25.5 Å². The number of aliphatic hydroxyl groups is 6. The predicted octanol–water partition coefficient (Wildman–Crippen LogP) is -2.42. The van der Waals surface area contributed by atoms with Gasteiger partial charge in [0.25, 0.3) is 0 Å². The molecular weight excluding hydrogens is 204 g/mol. The first-order chi connectivity index (χ1) is 8.23. The minimum Gasteiger partial charge on any atom is -0.393 e. The molecule has 0 aromatic heterocycles. The van der Waals surface area contributed by atoms with Crippen molar-refractivity contribution in [2.75, 3.05) is 6.61 Å². The summed E-state index contributed by atoms with van der Waals surface area (Å²) in [6.45, 7) is -3.69. The van der Waals surface area contributed by atoms with Crippen LogP contribution in [0.2, 0.25) is 0 Å². The summed E-state index contributed by atoms with van der Waals surface area (Å²) in [5, 5.41) is 57.2. The molecule has 6 heteroatoms. The van der Waals surface area contributed by atoms with E-state index >= 15 is 0 Å². The molecule has 15 heavy (non-hydrogen) atoms. The Kier molecular flexibility index (Phi) is 3.14. The molecule has 0 amide bonds. The van der Waals surface area contributed by atoms with Crippen molar-refractivity contribution in [1.29, 1.82) is 0 Å². The summed E-state index contributed by atoms with van der Waals surface area (Å²) in [6, 6.07) is 0. The summed E-state index contributed by atoms with van der Waals surface area (Å²) in [4.78, 5) is 0. The van der Waals surface area contributed by atoms with Crippen LogP contribution in [-0.4, -0.2) is 66.8 Å². The van der Waals surface area contributed by atoms with Gasteiger partial charge >= 0.3 is 0 Å². The normalized spacial score (nSPS) is 28.8. The van der Waals surface area contributed by atoms with Crippen LogP contribution in [-0.2, 0) is 0 Å². The zero-order valence-electron chi connectivity index (χ0n) is 11.2. The Labute approximate surface area is 92.6 Å². The Morgan fingerprint density at radius 1 is 1.20 bits per heavy atom. The molecule has 0 fully saturated rings. The molecule has 0 aliphatic carbocycles. The summed E-state index contributed by atoms with van der Waals surface area (Å²) in [5.41, 5.74) is -5.21. The molecule has 6 N–H and O–H groups in total. The third-order valence-electron chi connectivity index (χ3n) is 2.27. The van der Waals surface area contributed by atoms with Crippen LogP contribution in [0.25, 0.3) is 0 Å². The number of hydrogen-bond acceptors (Lipinski definition) is 6. The summed E-state index contributed by atoms with van der Waals surface area (Å²) in [6.07, 6.45) is -5.85. The lowest BCUT2D eigenvalue weighted by Gasteiger charge is -2.42. The summed E-state index contributed by atoms with van der Waals surface area (Å²) in [5.74, 6) is 0. The summed E-state index contributed by atoms with van der Waals surface area (Å²) in [7, 11) is 0. The van der Waals surface area contributed by atoms with E-state index in [1.807, 2.05) is 0 Å². The average molecular weight is 227 g/mol. The Bertz CT molecular complexity index is 252. The van der Waals surface area contributed by atoms with Gasteiger partial charge in [-0.25, -0.2) is 0 Å². The average Bonchev–Trinajstić information content (AvgIpc) is 2.42. The van der Waals surface area contributed by atoms with Crippen molar-refractivity contribution in [3.63, 3.8) is 0 Å². The van der Waals surface area contributed by atoms with Crippen molar-refractivity contribution in [3.8, 4) is 0 Å². The second-order valence-corrected chi connectivity index (χ2v) is 3.62. The third kappa shape index (κ3) is 2.87. The van der Waals surface area contributed by atoms with Crippen molar-refractivity contribution >= 4 is 0 Å². The fourth-order valence-corrected chi connectivity index (χ4v) is 0.905. The van der Waals surface area contributed by atoms with Gasteiger partial charge in [0, 0.05) is 4.11 Å². The van der Waals surface area contributed by atoms with Gasteiger partial charge in [-0.1, -0.05) is 0 Å². The standard InChI is InChI=1S/C9H20O6/c1-5(11)6(12)7(13)9(3,15)8(2,14)4-10/h5-7,10-15H,4H2,1-3H3/t5?,6-,7-,8+,9+/m1/s1/i1D,2D,3D. The molecule has 5 atom stereocenters. The van der Waals surface area contributed by atoms with E-state index < -0.39 is 56.8 Å². The lowest BCUT2D eigenvalue weighted by molar-refractivity contribution is -0.227. The Morgan fingerprint density at radius 3 is 2.13 bits per heavy atom. The van der Waals surface area contributed by atoms with Gasteiger partial charge in [-0.05, 0) is 20.7 Å². The molecule has 0 spiro atoms. The van der Waals surface area contributed by atoms with Gasteiger partial charge in [0.15, 0.2) is 0 Å². The minimum atomic E-state index is -2.70. The van der Waals surface area contributed by atoms with E-state index in [4.69, 9.17) is 9.22 Å². The second-order valence-electron chi connectivity index (χ2n) is 3.62. The van der Waals surface area contributed by atoms with E-state index in [1.165, 1.54) is 0 Å². The highest BCUT2D eigenvalue weighted by molar-refractivity contribution is 5.01. The van der Waals surface area contributed by atoms with Crippen LogP contribution in [0.5, 0.6) is 0 Å². The maximum Gasteiger partial charge on any atom is 0.121 e. The third-order valence-corrected chi connectivity index (χ3v) is 2.27. The maximum atomic E-state index is 10.0. The van der Waals surface area contributed by atoms with Crippen molar-refractivity contribution in [2.45, 2.75) is 50.2 Å². The van der Waals surface area contributed by atoms with E-state index in [0.717, 1.165) is 0 Å². The number of aliphatic hydroxyl groups excluding tert-OH is 4. The first kappa shape index (κ1) is 9.95. The Balaban J connectivity index is 5.27. The van der Waals surface area contributed by atoms with Gasteiger partial charge < -0.3 is 30.6 Å². The lowest BCUT2D eigenvalue weighted by Crippen LogP contribution is -2.64. The van der Waals surface area contributed by atoms with Crippen LogP contribution in [0.15, 0.2) is 0 Å². The predicted molar refractivity (Wildman–Crippen MR) is 52.0 cm³/mol. The second kappa shape index (κ2) is 4.73. The van der Waals surface area contributed by atoms with Gasteiger partial charge in [0.2, 0.25) is 0 Å². The van der Waals surface area contributed by atoms with E-state index in [0.29, 0.717) is 0 Å². The molecule has 6 nitrogen and oxygen atoms in total. The fraction of sp³-hybridized carbons (Fsp3) is 1.00. The zero-order valence-corrected chi connectivity index (χ0v) is 8.24. The minimum absolute atomic E-state index is 0.662. The largest absolute Gasteiger partial charge is 0.393 e. The molecule has 0 saturated carbocycles. The van der Waals surface area contributed by atoms with Gasteiger partial charge in [0.05, 0.1) is 12.7 Å². The molecule has 0 aromatic rings. The lowest BCUT2D eigenvalue weighted by atomic mass is 9.79. The van der Waals surface area contributed by atoms with Gasteiger partial charge in [-0.3, -0.25) is 0 Å². The van der Waals surface area contributed by atoms with Crippen LogP contribution >= 0.6 is 0 Å². The molecule has 92 valence electrons. The van der Waals surface area contributed by atoms with E-state index in [2.05, 4.69) is 0 Å². The fourth-order valence-electron chi connectivity index (χ4n) is 0.905. The highest BCUT2D eigenvalue weighted by Crippen LogP contribution is 2.27. The molecular formula is C9H20O6. The van der Waals surface area contributed by atoms with Crippen LogP contribution in [0.3, 0.4) is 0 Å². The molecule has 0 aliphatic rings. The summed E-state index contributed by atoms with van der Waals surface area (Å²) < 4.78 is 21.0. The SMILES string of the molecule is [2H]CC(O)[C@@H](O)[C@@H](O)[C@@](O)(C[2H])[C@](O)(C[2H])CO. The van der Waals surface area contributed by atoms with Crippen molar-refractivity contribution < 1.29 is 34.8 Å². The molecule has 1 unspecified atom stereocenters. The molecule has 0 saturated heterocycles. The van der Waals surface area contributed by atoms with E-state index in [1.54, 1.807) is 0 Å². The molecule has 0 heterocycles. The topological polar surface area (TPSA) is 121 Å². The van der Waals surface area contributed by atoms with Crippen LogP contribution in [0.1, 0.15) is 24.8 Å². The van der Waals surface area contributed by atoms with Crippen LogP contribution in [0, 0.1) is 0 Å². The molecule has 0 aliphatic heterocycles. The first-order valence-electron chi connectivity index (χ1n) is 6.33. The maximum absolute atomic E-state index is 10.0. The Hall–Kier alpha value is -0.240. The van der Waals surface area contributed by atoms with Crippen molar-refractivity contribution in [2.24, 2.45) is 0 Å². The molecule has 0 aromatic carbocycles. The molecule has 0 bridgehead atoms. The van der Waals surface area contributed by atoms with Crippen molar-refractivity contribution in [1.82, 2.24) is 0 Å². The highest BCUT2D eigenvalue weighted by Gasteiger charge is 2.50. The first-order valence-corrected chi connectivity index (χ1v) is 4.21. The van der Waals surface area contributed by atoms with E-state index in [-0.39, 0.29) is 0 Å². The highest BCUT2D eigenvalue weighted by atomic mass is 16.4. The van der Waals surface area contributed by atoms with Gasteiger partial charge in [-0.15, -0.1) is 0 Å². The van der Waals surface area contributed by atoms with Gasteiger partial charge in [0.1, 0.15) is 23.4 Å². The number of hydrogen-bond donors (Lipinski definition) is 6. The molecule has 0 radical (unpaired) electrons. The zero-order chi connectivity index (χ0) is 14.6. The monoisotopic (exact) mass is 227 g/mol. The summed E-state index contributed by atoms with van der Waals surface area (Å²) >= 11 is 0. The quantitative estimate of drug-likeness (QED) is 0.311.